The topological polar surface area (TPSA) is 61.4 Å². The molecule has 2 aromatic carbocycles. The number of aryl methyl sites for hydroxylation is 1. The number of para-hydroxylation sites is 1. The molecule has 2 N–H and O–H groups in total. The number of rotatable bonds is 6. The maximum absolute atomic E-state index is 12.1. The highest BCUT2D eigenvalue weighted by atomic mass is 16.2. The number of anilines is 2. The van der Waals surface area contributed by atoms with Gasteiger partial charge in [0.25, 0.3) is 5.91 Å². The minimum absolute atomic E-state index is 0.0632. The zero-order chi connectivity index (χ0) is 17.5. The van der Waals surface area contributed by atoms with Crippen molar-refractivity contribution in [2.75, 3.05) is 30.9 Å². The van der Waals surface area contributed by atoms with Crippen LogP contribution in [0.1, 0.15) is 22.8 Å². The van der Waals surface area contributed by atoms with Gasteiger partial charge in [0.15, 0.2) is 0 Å². The molecule has 0 atom stereocenters. The van der Waals surface area contributed by atoms with E-state index in [-0.39, 0.29) is 18.4 Å². The van der Waals surface area contributed by atoms with Crippen molar-refractivity contribution in [3.8, 4) is 0 Å². The van der Waals surface area contributed by atoms with E-state index < -0.39 is 0 Å². The van der Waals surface area contributed by atoms with Crippen molar-refractivity contribution in [1.29, 1.82) is 0 Å². The van der Waals surface area contributed by atoms with Gasteiger partial charge < -0.3 is 15.5 Å². The summed E-state index contributed by atoms with van der Waals surface area (Å²) in [7, 11) is 3.88. The molecule has 2 aromatic rings. The molecule has 0 fully saturated rings. The van der Waals surface area contributed by atoms with Crippen LogP contribution in [0.2, 0.25) is 0 Å². The van der Waals surface area contributed by atoms with Crippen molar-refractivity contribution in [3.05, 3.63) is 59.7 Å². The molecular formula is C19H23N3O2. The average molecular weight is 325 g/mol. The SMILES string of the molecule is CCc1ccccc1NC(=O)CNC(=O)c1ccc(N(C)C)cc1. The van der Waals surface area contributed by atoms with E-state index in [1.54, 1.807) is 12.1 Å². The Kier molecular flexibility index (Phi) is 5.95. The maximum Gasteiger partial charge on any atom is 0.251 e. The fourth-order valence-electron chi connectivity index (χ4n) is 2.32. The predicted molar refractivity (Wildman–Crippen MR) is 97.6 cm³/mol. The lowest BCUT2D eigenvalue weighted by Gasteiger charge is -2.13. The van der Waals surface area contributed by atoms with Crippen LogP contribution >= 0.6 is 0 Å². The van der Waals surface area contributed by atoms with Crippen LogP contribution in [0.3, 0.4) is 0 Å². The minimum atomic E-state index is -0.265. The standard InChI is InChI=1S/C19H23N3O2/c1-4-14-7-5-6-8-17(14)21-18(23)13-20-19(24)15-9-11-16(12-10-15)22(2)3/h5-12H,4,13H2,1-3H3,(H,20,24)(H,21,23). The summed E-state index contributed by atoms with van der Waals surface area (Å²) in [6.45, 7) is 1.97. The fourth-order valence-corrected chi connectivity index (χ4v) is 2.32. The molecule has 24 heavy (non-hydrogen) atoms. The van der Waals surface area contributed by atoms with E-state index in [2.05, 4.69) is 10.6 Å². The molecule has 0 aliphatic heterocycles. The maximum atomic E-state index is 12.1. The molecule has 0 bridgehead atoms. The molecular weight excluding hydrogens is 302 g/mol. The lowest BCUT2D eigenvalue weighted by molar-refractivity contribution is -0.115. The summed E-state index contributed by atoms with van der Waals surface area (Å²) in [5.41, 5.74) is 3.40. The lowest BCUT2D eigenvalue weighted by Crippen LogP contribution is -2.33. The number of hydrogen-bond donors (Lipinski definition) is 2. The quantitative estimate of drug-likeness (QED) is 0.858. The first-order chi connectivity index (χ1) is 11.5. The first kappa shape index (κ1) is 17.5. The molecule has 0 unspecified atom stereocenters. The van der Waals surface area contributed by atoms with Crippen LogP contribution in [0, 0.1) is 0 Å². The molecule has 2 rings (SSSR count). The van der Waals surface area contributed by atoms with E-state index in [0.717, 1.165) is 23.4 Å². The van der Waals surface area contributed by atoms with E-state index in [0.29, 0.717) is 5.56 Å². The molecule has 5 heteroatoms. The normalized spacial score (nSPS) is 10.1. The van der Waals surface area contributed by atoms with Gasteiger partial charge in [-0.15, -0.1) is 0 Å². The van der Waals surface area contributed by atoms with Crippen molar-refractivity contribution in [3.63, 3.8) is 0 Å². The van der Waals surface area contributed by atoms with Crippen molar-refractivity contribution in [2.45, 2.75) is 13.3 Å². The van der Waals surface area contributed by atoms with Crippen LogP contribution in [0.4, 0.5) is 11.4 Å². The highest BCUT2D eigenvalue weighted by Crippen LogP contribution is 2.15. The van der Waals surface area contributed by atoms with Crippen LogP contribution in [-0.4, -0.2) is 32.5 Å². The van der Waals surface area contributed by atoms with Crippen LogP contribution in [-0.2, 0) is 11.2 Å². The van der Waals surface area contributed by atoms with Crippen LogP contribution in [0.15, 0.2) is 48.5 Å². The molecule has 0 saturated carbocycles. The molecule has 0 spiro atoms. The molecule has 0 aromatic heterocycles. The van der Waals surface area contributed by atoms with Gasteiger partial charge in [0, 0.05) is 31.0 Å². The van der Waals surface area contributed by atoms with Gasteiger partial charge in [0.2, 0.25) is 5.91 Å². The second-order valence-corrected chi connectivity index (χ2v) is 5.68. The summed E-state index contributed by atoms with van der Waals surface area (Å²) >= 11 is 0. The summed E-state index contributed by atoms with van der Waals surface area (Å²) in [6.07, 6.45) is 0.834. The van der Waals surface area contributed by atoms with Gasteiger partial charge in [-0.05, 0) is 42.3 Å². The van der Waals surface area contributed by atoms with Crippen molar-refractivity contribution < 1.29 is 9.59 Å². The van der Waals surface area contributed by atoms with E-state index in [1.807, 2.05) is 62.3 Å². The molecule has 5 nitrogen and oxygen atoms in total. The summed E-state index contributed by atoms with van der Waals surface area (Å²) in [6, 6.07) is 14.9. The van der Waals surface area contributed by atoms with Gasteiger partial charge >= 0.3 is 0 Å². The van der Waals surface area contributed by atoms with E-state index in [4.69, 9.17) is 0 Å². The highest BCUT2D eigenvalue weighted by molar-refractivity contribution is 5.99. The van der Waals surface area contributed by atoms with E-state index >= 15 is 0 Å². The number of carbonyl (C=O) groups is 2. The highest BCUT2D eigenvalue weighted by Gasteiger charge is 2.09. The summed E-state index contributed by atoms with van der Waals surface area (Å²) < 4.78 is 0. The number of benzene rings is 2. The van der Waals surface area contributed by atoms with Crippen molar-refractivity contribution in [1.82, 2.24) is 5.32 Å². The molecule has 0 heterocycles. The third-order valence-electron chi connectivity index (χ3n) is 3.73. The molecule has 0 saturated heterocycles. The Bertz CT molecular complexity index is 709. The Labute approximate surface area is 142 Å². The fraction of sp³-hybridized carbons (Fsp3) is 0.263. The predicted octanol–water partition coefficient (Wildman–Crippen LogP) is 2.68. The number of nitrogens with one attached hydrogen (secondary N) is 2. The Balaban J connectivity index is 1.90. The minimum Gasteiger partial charge on any atom is -0.378 e. The van der Waals surface area contributed by atoms with Gasteiger partial charge in [0.05, 0.1) is 6.54 Å². The van der Waals surface area contributed by atoms with Gasteiger partial charge in [-0.25, -0.2) is 0 Å². The summed E-state index contributed by atoms with van der Waals surface area (Å²) in [5, 5.41) is 5.47. The summed E-state index contributed by atoms with van der Waals surface area (Å²) in [5.74, 6) is -0.506. The number of nitrogens with zero attached hydrogens (tertiary/aromatic N) is 1. The van der Waals surface area contributed by atoms with Crippen molar-refractivity contribution in [2.24, 2.45) is 0 Å². The molecule has 126 valence electrons. The molecule has 2 amide bonds. The van der Waals surface area contributed by atoms with Crippen LogP contribution in [0.25, 0.3) is 0 Å². The monoisotopic (exact) mass is 325 g/mol. The van der Waals surface area contributed by atoms with Gasteiger partial charge in [-0.2, -0.15) is 0 Å². The van der Waals surface area contributed by atoms with Gasteiger partial charge in [-0.3, -0.25) is 9.59 Å². The first-order valence-corrected chi connectivity index (χ1v) is 7.94. The molecule has 0 aliphatic rings. The third kappa shape index (κ3) is 4.59. The Morgan fingerprint density at radius 3 is 2.29 bits per heavy atom. The Morgan fingerprint density at radius 1 is 1.00 bits per heavy atom. The zero-order valence-corrected chi connectivity index (χ0v) is 14.3. The first-order valence-electron chi connectivity index (χ1n) is 7.94. The zero-order valence-electron chi connectivity index (χ0n) is 14.3. The second kappa shape index (κ2) is 8.15. The van der Waals surface area contributed by atoms with Crippen LogP contribution in [0.5, 0.6) is 0 Å². The largest absolute Gasteiger partial charge is 0.378 e. The van der Waals surface area contributed by atoms with E-state index in [1.165, 1.54) is 0 Å². The van der Waals surface area contributed by atoms with E-state index in [9.17, 15) is 9.59 Å². The van der Waals surface area contributed by atoms with Gasteiger partial charge in [0.1, 0.15) is 0 Å². The third-order valence-corrected chi connectivity index (χ3v) is 3.73. The van der Waals surface area contributed by atoms with Gasteiger partial charge in [-0.1, -0.05) is 25.1 Å². The number of carbonyl (C=O) groups excluding carboxylic acids is 2. The van der Waals surface area contributed by atoms with Crippen LogP contribution < -0.4 is 15.5 Å². The Morgan fingerprint density at radius 2 is 1.67 bits per heavy atom. The molecule has 0 aliphatic carbocycles. The smallest absolute Gasteiger partial charge is 0.251 e. The average Bonchev–Trinajstić information content (AvgIpc) is 2.60. The lowest BCUT2D eigenvalue weighted by atomic mass is 10.1. The number of hydrogen-bond acceptors (Lipinski definition) is 3. The summed E-state index contributed by atoms with van der Waals surface area (Å²) in [4.78, 5) is 26.1. The molecule has 0 radical (unpaired) electrons. The van der Waals surface area contributed by atoms with Crippen molar-refractivity contribution >= 4 is 23.2 Å². The Hall–Kier alpha value is -2.82. The number of amides is 2. The second-order valence-electron chi connectivity index (χ2n) is 5.68.